The van der Waals surface area contributed by atoms with Crippen LogP contribution in [0.3, 0.4) is 0 Å². The molecule has 0 radical (unpaired) electrons. The Morgan fingerprint density at radius 3 is 2.19 bits per heavy atom. The second kappa shape index (κ2) is 5.18. The van der Waals surface area contributed by atoms with E-state index >= 15 is 0 Å². The van der Waals surface area contributed by atoms with Crippen LogP contribution in [0.15, 0.2) is 0 Å². The number of halogens is 1. The number of nitrogens with zero attached hydrogens (tertiary/aromatic N) is 1. The van der Waals surface area contributed by atoms with E-state index in [0.717, 1.165) is 13.1 Å². The van der Waals surface area contributed by atoms with Crippen LogP contribution < -0.4 is 10.0 Å². The van der Waals surface area contributed by atoms with E-state index in [-0.39, 0.29) is 18.4 Å². The zero-order valence-electron chi connectivity index (χ0n) is 9.64. The molecule has 2 aliphatic heterocycles. The van der Waals surface area contributed by atoms with Gasteiger partial charge in [0, 0.05) is 19.1 Å². The third-order valence-electron chi connectivity index (χ3n) is 3.08. The molecule has 0 unspecified atom stereocenters. The molecule has 0 saturated carbocycles. The fraction of sp³-hybridized carbons (Fsp3) is 1.00. The zero-order valence-corrected chi connectivity index (χ0v) is 11.3. The normalized spacial score (nSPS) is 30.4. The van der Waals surface area contributed by atoms with Gasteiger partial charge in [0.1, 0.15) is 0 Å². The SMILES string of the molecule is CC(C)NS(=O)(=O)N1C[C@H]2CNC[C@H]2C1.Cl. The molecule has 16 heavy (non-hydrogen) atoms. The molecule has 0 bridgehead atoms. The molecule has 2 aliphatic rings. The molecule has 0 aromatic carbocycles. The highest BCUT2D eigenvalue weighted by atomic mass is 35.5. The minimum absolute atomic E-state index is 0. The van der Waals surface area contributed by atoms with Gasteiger partial charge in [-0.05, 0) is 38.8 Å². The Labute approximate surface area is 104 Å². The van der Waals surface area contributed by atoms with E-state index in [4.69, 9.17) is 0 Å². The summed E-state index contributed by atoms with van der Waals surface area (Å²) in [6.07, 6.45) is 0. The van der Waals surface area contributed by atoms with Crippen LogP contribution in [-0.2, 0) is 10.2 Å². The van der Waals surface area contributed by atoms with E-state index in [1.165, 1.54) is 0 Å². The average molecular weight is 270 g/mol. The highest BCUT2D eigenvalue weighted by molar-refractivity contribution is 7.87. The summed E-state index contributed by atoms with van der Waals surface area (Å²) in [5.74, 6) is 1.02. The molecule has 2 atom stereocenters. The van der Waals surface area contributed by atoms with Crippen molar-refractivity contribution in [3.8, 4) is 0 Å². The van der Waals surface area contributed by atoms with Gasteiger partial charge in [-0.25, -0.2) is 0 Å². The maximum atomic E-state index is 11.9. The number of hydrogen-bond donors (Lipinski definition) is 2. The molecule has 7 heteroatoms. The molecule has 0 amide bonds. The molecule has 0 aromatic rings. The van der Waals surface area contributed by atoms with E-state index in [2.05, 4.69) is 10.0 Å². The number of fused-ring (bicyclic) bond motifs is 1. The molecule has 2 N–H and O–H groups in total. The quantitative estimate of drug-likeness (QED) is 0.746. The zero-order chi connectivity index (χ0) is 11.1. The fourth-order valence-corrected chi connectivity index (χ4v) is 3.90. The Morgan fingerprint density at radius 2 is 1.75 bits per heavy atom. The van der Waals surface area contributed by atoms with Crippen molar-refractivity contribution in [3.63, 3.8) is 0 Å². The van der Waals surface area contributed by atoms with Gasteiger partial charge < -0.3 is 5.32 Å². The van der Waals surface area contributed by atoms with Crippen LogP contribution >= 0.6 is 12.4 Å². The summed E-state index contributed by atoms with van der Waals surface area (Å²) in [6.45, 7) is 6.93. The number of hydrogen-bond acceptors (Lipinski definition) is 3. The second-order valence-electron chi connectivity index (χ2n) is 4.77. The van der Waals surface area contributed by atoms with Gasteiger partial charge in [0.05, 0.1) is 0 Å². The molecular weight excluding hydrogens is 250 g/mol. The standard InChI is InChI=1S/C9H19N3O2S.ClH/c1-7(2)11-15(13,14)12-5-8-3-10-4-9(8)6-12;/h7-11H,3-6H2,1-2H3;1H/t8-,9+;. The van der Waals surface area contributed by atoms with Crippen LogP contribution in [0.4, 0.5) is 0 Å². The van der Waals surface area contributed by atoms with Gasteiger partial charge in [0.2, 0.25) is 0 Å². The smallest absolute Gasteiger partial charge is 0.279 e. The van der Waals surface area contributed by atoms with Gasteiger partial charge in [0.15, 0.2) is 0 Å². The average Bonchev–Trinajstić information content (AvgIpc) is 2.56. The first kappa shape index (κ1) is 14.2. The van der Waals surface area contributed by atoms with Crippen LogP contribution in [0.2, 0.25) is 0 Å². The molecule has 2 saturated heterocycles. The van der Waals surface area contributed by atoms with Crippen molar-refractivity contribution in [1.82, 2.24) is 14.3 Å². The van der Waals surface area contributed by atoms with E-state index in [1.54, 1.807) is 4.31 Å². The van der Waals surface area contributed by atoms with Crippen molar-refractivity contribution in [2.45, 2.75) is 19.9 Å². The Kier molecular flexibility index (Phi) is 4.59. The monoisotopic (exact) mass is 269 g/mol. The Hall–Kier alpha value is 0.120. The van der Waals surface area contributed by atoms with Gasteiger partial charge in [0.25, 0.3) is 10.2 Å². The topological polar surface area (TPSA) is 61.4 Å². The van der Waals surface area contributed by atoms with Gasteiger partial charge in [-0.15, -0.1) is 12.4 Å². The molecule has 0 aromatic heterocycles. The molecule has 0 aliphatic carbocycles. The lowest BCUT2D eigenvalue weighted by Gasteiger charge is -2.19. The summed E-state index contributed by atoms with van der Waals surface area (Å²) in [6, 6.07) is -0.0337. The minimum Gasteiger partial charge on any atom is -0.316 e. The summed E-state index contributed by atoms with van der Waals surface area (Å²) >= 11 is 0. The molecular formula is C9H20ClN3O2S. The van der Waals surface area contributed by atoms with E-state index in [0.29, 0.717) is 24.9 Å². The Bertz CT molecular complexity index is 322. The van der Waals surface area contributed by atoms with Crippen LogP contribution in [0.1, 0.15) is 13.8 Å². The number of rotatable bonds is 3. The van der Waals surface area contributed by atoms with Crippen LogP contribution in [0.5, 0.6) is 0 Å². The predicted octanol–water partition coefficient (Wildman–Crippen LogP) is -0.198. The lowest BCUT2D eigenvalue weighted by atomic mass is 10.0. The van der Waals surface area contributed by atoms with Crippen molar-refractivity contribution in [1.29, 1.82) is 0 Å². The summed E-state index contributed by atoms with van der Waals surface area (Å²) in [5, 5.41) is 3.30. The van der Waals surface area contributed by atoms with E-state index in [1.807, 2.05) is 13.8 Å². The van der Waals surface area contributed by atoms with Gasteiger partial charge in [-0.2, -0.15) is 17.4 Å². The largest absolute Gasteiger partial charge is 0.316 e. The van der Waals surface area contributed by atoms with E-state index in [9.17, 15) is 8.42 Å². The third-order valence-corrected chi connectivity index (χ3v) is 4.83. The summed E-state index contributed by atoms with van der Waals surface area (Å²) in [5.41, 5.74) is 0. The van der Waals surface area contributed by atoms with Crippen molar-refractivity contribution >= 4 is 22.6 Å². The highest BCUT2D eigenvalue weighted by Gasteiger charge is 2.40. The van der Waals surface area contributed by atoms with E-state index < -0.39 is 10.2 Å². The van der Waals surface area contributed by atoms with Crippen molar-refractivity contribution in [3.05, 3.63) is 0 Å². The van der Waals surface area contributed by atoms with Crippen LogP contribution in [0, 0.1) is 11.8 Å². The van der Waals surface area contributed by atoms with Crippen molar-refractivity contribution in [2.24, 2.45) is 11.8 Å². The highest BCUT2D eigenvalue weighted by Crippen LogP contribution is 2.27. The van der Waals surface area contributed by atoms with Crippen molar-refractivity contribution < 1.29 is 8.42 Å². The molecule has 0 spiro atoms. The Morgan fingerprint density at radius 1 is 1.25 bits per heavy atom. The molecule has 2 fully saturated rings. The summed E-state index contributed by atoms with van der Waals surface area (Å²) < 4.78 is 28.0. The molecule has 2 rings (SSSR count). The van der Waals surface area contributed by atoms with Crippen molar-refractivity contribution in [2.75, 3.05) is 26.2 Å². The lowest BCUT2D eigenvalue weighted by Crippen LogP contribution is -2.43. The van der Waals surface area contributed by atoms with Crippen LogP contribution in [-0.4, -0.2) is 44.9 Å². The minimum atomic E-state index is -3.25. The Balaban J connectivity index is 0.00000128. The van der Waals surface area contributed by atoms with Crippen LogP contribution in [0.25, 0.3) is 0 Å². The second-order valence-corrected chi connectivity index (χ2v) is 6.48. The van der Waals surface area contributed by atoms with Gasteiger partial charge in [-0.3, -0.25) is 0 Å². The maximum absolute atomic E-state index is 11.9. The molecule has 96 valence electrons. The first-order valence-corrected chi connectivity index (χ1v) is 6.91. The predicted molar refractivity (Wildman–Crippen MR) is 65.9 cm³/mol. The van der Waals surface area contributed by atoms with Gasteiger partial charge in [-0.1, -0.05) is 0 Å². The van der Waals surface area contributed by atoms with Gasteiger partial charge >= 0.3 is 0 Å². The number of nitrogens with one attached hydrogen (secondary N) is 2. The fourth-order valence-electron chi connectivity index (χ4n) is 2.38. The summed E-state index contributed by atoms with van der Waals surface area (Å²) in [4.78, 5) is 0. The molecule has 5 nitrogen and oxygen atoms in total. The third kappa shape index (κ3) is 2.87. The first-order valence-electron chi connectivity index (χ1n) is 5.47. The summed E-state index contributed by atoms with van der Waals surface area (Å²) in [7, 11) is -3.25. The first-order chi connectivity index (χ1) is 6.99. The lowest BCUT2D eigenvalue weighted by molar-refractivity contribution is 0.433. The maximum Gasteiger partial charge on any atom is 0.279 e. The molecule has 2 heterocycles.